The Morgan fingerprint density at radius 2 is 2.44 bits per heavy atom. The molecule has 0 bridgehead atoms. The fourth-order valence-electron chi connectivity index (χ4n) is 0.490. The summed E-state index contributed by atoms with van der Waals surface area (Å²) in [5.41, 5.74) is 6.05. The van der Waals surface area contributed by atoms with Crippen LogP contribution >= 0.6 is 0 Å². The minimum Gasteiger partial charge on any atom is -0.329 e. The maximum absolute atomic E-state index is 10.2. The van der Waals surface area contributed by atoms with E-state index in [9.17, 15) is 4.79 Å². The monoisotopic (exact) mass is 128 g/mol. The van der Waals surface area contributed by atoms with E-state index in [0.29, 0.717) is 6.54 Å². The average Bonchev–Trinajstić information content (AvgIpc) is 1.90. The lowest BCUT2D eigenvalue weighted by Gasteiger charge is -2.03. The third-order valence-electron chi connectivity index (χ3n) is 1.31. The van der Waals surface area contributed by atoms with Crippen molar-refractivity contribution in [3.8, 4) is 0 Å². The lowest BCUT2D eigenvalue weighted by atomic mass is 10.1. The Labute approximate surface area is 55.0 Å². The number of rotatable bonds is 3. The smallest absolute Gasteiger partial charge is 0.129 e. The Kier molecular flexibility index (Phi) is 3.88. The van der Waals surface area contributed by atoms with E-state index in [1.807, 2.05) is 0 Å². The maximum Gasteiger partial charge on any atom is 0.129 e. The van der Waals surface area contributed by atoms with Gasteiger partial charge in [0.05, 0.1) is 5.92 Å². The van der Waals surface area contributed by atoms with Gasteiger partial charge >= 0.3 is 0 Å². The fourth-order valence-corrected chi connectivity index (χ4v) is 0.490. The molecule has 9 heavy (non-hydrogen) atoms. The van der Waals surface area contributed by atoms with Crippen LogP contribution in [0.3, 0.4) is 0 Å². The topological polar surface area (TPSA) is 55.5 Å². The number of nitrogens with zero attached hydrogens (tertiary/aromatic N) is 1. The second-order valence-electron chi connectivity index (χ2n) is 1.84. The highest BCUT2D eigenvalue weighted by atomic mass is 16.1. The standard InChI is InChI=1S/C6H12N2O/c1-5(8-2)6(3-7)4-9/h4,6H,3,7H2,1-2H3. The van der Waals surface area contributed by atoms with E-state index in [4.69, 9.17) is 5.73 Å². The van der Waals surface area contributed by atoms with Crippen molar-refractivity contribution < 1.29 is 4.79 Å². The highest BCUT2D eigenvalue weighted by molar-refractivity contribution is 5.95. The van der Waals surface area contributed by atoms with E-state index in [-0.39, 0.29) is 5.92 Å². The Hall–Kier alpha value is -0.700. The predicted molar refractivity (Wildman–Crippen MR) is 37.6 cm³/mol. The van der Waals surface area contributed by atoms with Crippen molar-refractivity contribution in [1.82, 2.24) is 0 Å². The van der Waals surface area contributed by atoms with Crippen molar-refractivity contribution in [2.45, 2.75) is 6.92 Å². The summed E-state index contributed by atoms with van der Waals surface area (Å²) in [5, 5.41) is 0. The van der Waals surface area contributed by atoms with E-state index in [0.717, 1.165) is 12.0 Å². The van der Waals surface area contributed by atoms with Gasteiger partial charge in [0.1, 0.15) is 6.29 Å². The maximum atomic E-state index is 10.2. The van der Waals surface area contributed by atoms with E-state index in [1.54, 1.807) is 14.0 Å². The van der Waals surface area contributed by atoms with Gasteiger partial charge in [-0.1, -0.05) is 0 Å². The van der Waals surface area contributed by atoms with Crippen molar-refractivity contribution in [2.24, 2.45) is 16.6 Å². The zero-order valence-electron chi connectivity index (χ0n) is 5.79. The van der Waals surface area contributed by atoms with E-state index in [1.165, 1.54) is 0 Å². The van der Waals surface area contributed by atoms with Crippen LogP contribution in [0, 0.1) is 5.92 Å². The molecule has 0 aromatic carbocycles. The van der Waals surface area contributed by atoms with Gasteiger partial charge in [0, 0.05) is 19.3 Å². The highest BCUT2D eigenvalue weighted by Gasteiger charge is 2.05. The van der Waals surface area contributed by atoms with Gasteiger partial charge in [-0.2, -0.15) is 0 Å². The summed E-state index contributed by atoms with van der Waals surface area (Å²) in [5.74, 6) is -0.185. The molecule has 0 aliphatic carbocycles. The first-order chi connectivity index (χ1) is 4.26. The minimum absolute atomic E-state index is 0.185. The molecule has 3 heteroatoms. The summed E-state index contributed by atoms with van der Waals surface area (Å²) in [7, 11) is 1.65. The zero-order chi connectivity index (χ0) is 7.28. The summed E-state index contributed by atoms with van der Waals surface area (Å²) < 4.78 is 0. The Morgan fingerprint density at radius 1 is 1.89 bits per heavy atom. The van der Waals surface area contributed by atoms with Crippen LogP contribution in [0.1, 0.15) is 6.92 Å². The molecule has 0 rings (SSSR count). The molecule has 0 heterocycles. The number of hydrogen-bond donors (Lipinski definition) is 1. The van der Waals surface area contributed by atoms with Crippen molar-refractivity contribution >= 4 is 12.0 Å². The van der Waals surface area contributed by atoms with Crippen LogP contribution in [0.25, 0.3) is 0 Å². The first kappa shape index (κ1) is 8.30. The van der Waals surface area contributed by atoms with E-state index in [2.05, 4.69) is 4.99 Å². The molecular formula is C6H12N2O. The lowest BCUT2D eigenvalue weighted by molar-refractivity contribution is -0.109. The van der Waals surface area contributed by atoms with Gasteiger partial charge in [-0.05, 0) is 6.92 Å². The van der Waals surface area contributed by atoms with Crippen LogP contribution in [0.15, 0.2) is 4.99 Å². The number of hydrogen-bond acceptors (Lipinski definition) is 3. The molecule has 52 valence electrons. The highest BCUT2D eigenvalue weighted by Crippen LogP contribution is 1.91. The molecule has 0 aromatic rings. The number of aldehydes is 1. The van der Waals surface area contributed by atoms with Gasteiger partial charge in [0.25, 0.3) is 0 Å². The third-order valence-corrected chi connectivity index (χ3v) is 1.31. The Morgan fingerprint density at radius 3 is 2.56 bits per heavy atom. The number of carbonyl (C=O) groups excluding carboxylic acids is 1. The molecule has 2 N–H and O–H groups in total. The first-order valence-electron chi connectivity index (χ1n) is 2.85. The summed E-state index contributed by atoms with van der Waals surface area (Å²) in [4.78, 5) is 14.0. The van der Waals surface area contributed by atoms with Crippen LogP contribution in [0.2, 0.25) is 0 Å². The molecule has 1 atom stereocenters. The Balaban J connectivity index is 3.94. The molecule has 0 radical (unpaired) electrons. The van der Waals surface area contributed by atoms with Crippen molar-refractivity contribution in [3.63, 3.8) is 0 Å². The van der Waals surface area contributed by atoms with Crippen molar-refractivity contribution in [2.75, 3.05) is 13.6 Å². The molecule has 0 spiro atoms. The molecule has 0 aliphatic heterocycles. The SMILES string of the molecule is CN=C(C)C(C=O)CN. The lowest BCUT2D eigenvalue weighted by Crippen LogP contribution is -2.22. The molecule has 0 aromatic heterocycles. The molecule has 0 saturated carbocycles. The molecule has 3 nitrogen and oxygen atoms in total. The molecular weight excluding hydrogens is 116 g/mol. The van der Waals surface area contributed by atoms with Crippen LogP contribution in [0.5, 0.6) is 0 Å². The molecule has 0 aliphatic rings. The fraction of sp³-hybridized carbons (Fsp3) is 0.667. The van der Waals surface area contributed by atoms with Crippen LogP contribution in [0.4, 0.5) is 0 Å². The molecule has 0 saturated heterocycles. The second-order valence-corrected chi connectivity index (χ2v) is 1.84. The van der Waals surface area contributed by atoms with Crippen molar-refractivity contribution in [3.05, 3.63) is 0 Å². The van der Waals surface area contributed by atoms with Gasteiger partial charge in [-0.3, -0.25) is 4.99 Å². The van der Waals surface area contributed by atoms with Gasteiger partial charge in [-0.25, -0.2) is 0 Å². The van der Waals surface area contributed by atoms with E-state index >= 15 is 0 Å². The molecule has 0 fully saturated rings. The van der Waals surface area contributed by atoms with Gasteiger partial charge in [0.15, 0.2) is 0 Å². The third kappa shape index (κ3) is 2.37. The second kappa shape index (κ2) is 4.21. The zero-order valence-corrected chi connectivity index (χ0v) is 5.79. The summed E-state index contributed by atoms with van der Waals surface area (Å²) in [6, 6.07) is 0. The van der Waals surface area contributed by atoms with Gasteiger partial charge in [-0.15, -0.1) is 0 Å². The minimum atomic E-state index is -0.185. The van der Waals surface area contributed by atoms with Gasteiger partial charge in [0.2, 0.25) is 0 Å². The number of carbonyl (C=O) groups is 1. The van der Waals surface area contributed by atoms with Crippen LogP contribution in [-0.4, -0.2) is 25.6 Å². The largest absolute Gasteiger partial charge is 0.329 e. The first-order valence-corrected chi connectivity index (χ1v) is 2.85. The normalized spacial score (nSPS) is 15.2. The summed E-state index contributed by atoms with van der Waals surface area (Å²) in [6.45, 7) is 2.15. The summed E-state index contributed by atoms with van der Waals surface area (Å²) in [6.07, 6.45) is 0.822. The van der Waals surface area contributed by atoms with Crippen LogP contribution in [-0.2, 0) is 4.79 Å². The van der Waals surface area contributed by atoms with Crippen LogP contribution < -0.4 is 5.73 Å². The van der Waals surface area contributed by atoms with Crippen molar-refractivity contribution in [1.29, 1.82) is 0 Å². The van der Waals surface area contributed by atoms with E-state index < -0.39 is 0 Å². The Bertz CT molecular complexity index is 120. The predicted octanol–water partition coefficient (Wildman–Crippen LogP) is -0.149. The molecule has 1 unspecified atom stereocenters. The average molecular weight is 128 g/mol. The molecule has 0 amide bonds. The quantitative estimate of drug-likeness (QED) is 0.424. The number of aliphatic imine (C=N–C) groups is 1. The number of nitrogens with two attached hydrogens (primary N) is 1. The summed E-state index contributed by atoms with van der Waals surface area (Å²) >= 11 is 0. The van der Waals surface area contributed by atoms with Gasteiger partial charge < -0.3 is 10.5 Å².